The average molecular weight is 317 g/mol. The minimum atomic E-state index is -0.780. The topological polar surface area (TPSA) is 78.4 Å². The molecule has 1 aliphatic carbocycles. The molecule has 1 aliphatic rings. The fraction of sp³-hybridized carbons (Fsp3) is 0.385. The molecule has 0 aromatic heterocycles. The van der Waals surface area contributed by atoms with Gasteiger partial charge in [0, 0.05) is 17.6 Å². The molecule has 0 saturated heterocycles. The van der Waals surface area contributed by atoms with Crippen molar-refractivity contribution in [3.8, 4) is 0 Å². The Morgan fingerprint density at radius 3 is 2.45 bits per heavy atom. The standard InChI is InChI=1S/C13H14Cl2N2O3/c14-9-2-1-8(5-10(9)15)17-12(20)11(19)16-6-13(7-18)3-4-13/h1-2,5,18H,3-4,6-7H2,(H,16,19)(H,17,20). The Morgan fingerprint density at radius 2 is 1.90 bits per heavy atom. The summed E-state index contributed by atoms with van der Waals surface area (Å²) in [5, 5.41) is 14.7. The Labute approximate surface area is 126 Å². The summed E-state index contributed by atoms with van der Waals surface area (Å²) in [5.74, 6) is -1.52. The van der Waals surface area contributed by atoms with Gasteiger partial charge in [-0.2, -0.15) is 0 Å². The third-order valence-corrected chi connectivity index (χ3v) is 4.04. The molecule has 1 fully saturated rings. The lowest BCUT2D eigenvalue weighted by Crippen LogP contribution is -2.39. The van der Waals surface area contributed by atoms with E-state index in [0.29, 0.717) is 22.3 Å². The zero-order valence-electron chi connectivity index (χ0n) is 10.6. The summed E-state index contributed by atoms with van der Waals surface area (Å²) in [6.45, 7) is 0.318. The molecule has 2 rings (SSSR count). The number of benzene rings is 1. The Kier molecular flexibility index (Phi) is 4.52. The highest BCUT2D eigenvalue weighted by Crippen LogP contribution is 2.44. The Hall–Kier alpha value is -1.30. The molecule has 0 atom stereocenters. The molecule has 0 spiro atoms. The van der Waals surface area contributed by atoms with Gasteiger partial charge in [0.05, 0.1) is 16.7 Å². The number of rotatable bonds is 4. The first-order chi connectivity index (χ1) is 9.46. The molecule has 0 radical (unpaired) electrons. The molecule has 5 nitrogen and oxygen atoms in total. The second kappa shape index (κ2) is 5.99. The van der Waals surface area contributed by atoms with E-state index in [1.54, 1.807) is 6.07 Å². The van der Waals surface area contributed by atoms with Gasteiger partial charge in [0.2, 0.25) is 0 Å². The molecule has 2 amide bonds. The van der Waals surface area contributed by atoms with Crippen LogP contribution in [0.4, 0.5) is 5.69 Å². The SMILES string of the molecule is O=C(NCC1(CO)CC1)C(=O)Nc1ccc(Cl)c(Cl)c1. The molecule has 0 heterocycles. The van der Waals surface area contributed by atoms with E-state index in [2.05, 4.69) is 10.6 Å². The van der Waals surface area contributed by atoms with Crippen LogP contribution in [0.2, 0.25) is 10.0 Å². The van der Waals surface area contributed by atoms with E-state index < -0.39 is 11.8 Å². The molecule has 1 aromatic carbocycles. The van der Waals surface area contributed by atoms with Crippen LogP contribution in [0.25, 0.3) is 0 Å². The lowest BCUT2D eigenvalue weighted by molar-refractivity contribution is -0.136. The first-order valence-corrected chi connectivity index (χ1v) is 6.86. The fourth-order valence-electron chi connectivity index (χ4n) is 1.68. The quantitative estimate of drug-likeness (QED) is 0.741. The van der Waals surface area contributed by atoms with Crippen molar-refractivity contribution >= 4 is 40.7 Å². The summed E-state index contributed by atoms with van der Waals surface area (Å²) in [7, 11) is 0. The molecule has 108 valence electrons. The van der Waals surface area contributed by atoms with Gasteiger partial charge in [0.25, 0.3) is 0 Å². The number of aliphatic hydroxyl groups is 1. The van der Waals surface area contributed by atoms with Crippen molar-refractivity contribution in [2.45, 2.75) is 12.8 Å². The monoisotopic (exact) mass is 316 g/mol. The third kappa shape index (κ3) is 3.62. The van der Waals surface area contributed by atoms with Crippen LogP contribution in [0.5, 0.6) is 0 Å². The molecular weight excluding hydrogens is 303 g/mol. The zero-order chi connectivity index (χ0) is 14.8. The van der Waals surface area contributed by atoms with Crippen LogP contribution in [0.15, 0.2) is 18.2 Å². The van der Waals surface area contributed by atoms with Gasteiger partial charge < -0.3 is 15.7 Å². The lowest BCUT2D eigenvalue weighted by atomic mass is 10.1. The van der Waals surface area contributed by atoms with Crippen molar-refractivity contribution in [2.75, 3.05) is 18.5 Å². The fourth-order valence-corrected chi connectivity index (χ4v) is 1.98. The highest BCUT2D eigenvalue weighted by Gasteiger charge is 2.42. The number of carbonyl (C=O) groups excluding carboxylic acids is 2. The third-order valence-electron chi connectivity index (χ3n) is 3.30. The summed E-state index contributed by atoms with van der Waals surface area (Å²) in [6.07, 6.45) is 1.72. The van der Waals surface area contributed by atoms with E-state index >= 15 is 0 Å². The van der Waals surface area contributed by atoms with E-state index in [4.69, 9.17) is 28.3 Å². The predicted octanol–water partition coefficient (Wildman–Crippen LogP) is 1.82. The molecule has 1 saturated carbocycles. The lowest BCUT2D eigenvalue weighted by Gasteiger charge is -2.12. The number of hydrogen-bond acceptors (Lipinski definition) is 3. The smallest absolute Gasteiger partial charge is 0.313 e. The summed E-state index contributed by atoms with van der Waals surface area (Å²) < 4.78 is 0. The number of hydrogen-bond donors (Lipinski definition) is 3. The van der Waals surface area contributed by atoms with Crippen molar-refractivity contribution < 1.29 is 14.7 Å². The summed E-state index contributed by atoms with van der Waals surface area (Å²) in [5.41, 5.74) is 0.155. The highest BCUT2D eigenvalue weighted by atomic mass is 35.5. The number of aliphatic hydroxyl groups excluding tert-OH is 1. The summed E-state index contributed by atoms with van der Waals surface area (Å²) in [6, 6.07) is 4.54. The van der Waals surface area contributed by atoms with Gasteiger partial charge in [0.1, 0.15) is 0 Å². The average Bonchev–Trinajstić information content (AvgIpc) is 3.21. The second-order valence-corrected chi connectivity index (χ2v) is 5.74. The van der Waals surface area contributed by atoms with E-state index in [9.17, 15) is 9.59 Å². The highest BCUT2D eigenvalue weighted by molar-refractivity contribution is 6.42. The van der Waals surface area contributed by atoms with E-state index in [0.717, 1.165) is 12.8 Å². The van der Waals surface area contributed by atoms with E-state index in [-0.39, 0.29) is 12.0 Å². The summed E-state index contributed by atoms with van der Waals surface area (Å²) in [4.78, 5) is 23.3. The Bertz CT molecular complexity index is 544. The Balaban J connectivity index is 1.87. The number of halogens is 2. The van der Waals surface area contributed by atoms with Crippen molar-refractivity contribution in [2.24, 2.45) is 5.41 Å². The maximum Gasteiger partial charge on any atom is 0.313 e. The van der Waals surface area contributed by atoms with Crippen LogP contribution in [0.1, 0.15) is 12.8 Å². The van der Waals surface area contributed by atoms with Gasteiger partial charge in [0.15, 0.2) is 0 Å². The summed E-state index contributed by atoms with van der Waals surface area (Å²) >= 11 is 11.6. The van der Waals surface area contributed by atoms with Crippen molar-refractivity contribution in [3.05, 3.63) is 28.2 Å². The molecule has 0 aliphatic heterocycles. The van der Waals surface area contributed by atoms with E-state index in [1.807, 2.05) is 0 Å². The number of amides is 2. The van der Waals surface area contributed by atoms with Crippen molar-refractivity contribution in [3.63, 3.8) is 0 Å². The van der Waals surface area contributed by atoms with Gasteiger partial charge in [-0.15, -0.1) is 0 Å². The maximum absolute atomic E-state index is 11.7. The molecule has 0 bridgehead atoms. The van der Waals surface area contributed by atoms with Crippen LogP contribution < -0.4 is 10.6 Å². The van der Waals surface area contributed by atoms with Crippen molar-refractivity contribution in [1.82, 2.24) is 5.32 Å². The molecule has 20 heavy (non-hydrogen) atoms. The molecule has 1 aromatic rings. The van der Waals surface area contributed by atoms with Gasteiger partial charge in [-0.1, -0.05) is 23.2 Å². The second-order valence-electron chi connectivity index (χ2n) is 4.92. The maximum atomic E-state index is 11.7. The molecular formula is C13H14Cl2N2O3. The number of nitrogens with one attached hydrogen (secondary N) is 2. The minimum Gasteiger partial charge on any atom is -0.396 e. The van der Waals surface area contributed by atoms with Crippen LogP contribution in [0, 0.1) is 5.41 Å². The molecule has 7 heteroatoms. The molecule has 0 unspecified atom stereocenters. The number of anilines is 1. The Morgan fingerprint density at radius 1 is 1.20 bits per heavy atom. The van der Waals surface area contributed by atoms with E-state index in [1.165, 1.54) is 12.1 Å². The van der Waals surface area contributed by atoms with Gasteiger partial charge in [-0.3, -0.25) is 9.59 Å². The number of carbonyl (C=O) groups is 2. The normalized spacial score (nSPS) is 15.6. The largest absolute Gasteiger partial charge is 0.396 e. The van der Waals surface area contributed by atoms with Gasteiger partial charge in [-0.05, 0) is 31.0 Å². The first kappa shape index (κ1) is 15.1. The minimum absolute atomic E-state index is 0.0156. The predicted molar refractivity (Wildman–Crippen MR) is 76.9 cm³/mol. The van der Waals surface area contributed by atoms with Gasteiger partial charge >= 0.3 is 11.8 Å². The zero-order valence-corrected chi connectivity index (χ0v) is 12.1. The van der Waals surface area contributed by atoms with Crippen LogP contribution >= 0.6 is 23.2 Å². The van der Waals surface area contributed by atoms with Crippen molar-refractivity contribution in [1.29, 1.82) is 0 Å². The first-order valence-electron chi connectivity index (χ1n) is 6.11. The van der Waals surface area contributed by atoms with Gasteiger partial charge in [-0.25, -0.2) is 0 Å². The van der Waals surface area contributed by atoms with Crippen LogP contribution in [-0.4, -0.2) is 30.1 Å². The van der Waals surface area contributed by atoms with Crippen LogP contribution in [0.3, 0.4) is 0 Å². The van der Waals surface area contributed by atoms with Crippen LogP contribution in [-0.2, 0) is 9.59 Å². The molecule has 3 N–H and O–H groups in total.